The summed E-state index contributed by atoms with van der Waals surface area (Å²) in [5, 5.41) is 7.04. The molecule has 4 amide bonds. The molecule has 2 heterocycles. The Morgan fingerprint density at radius 3 is 1.63 bits per heavy atom. The molecule has 9 rings (SSSR count). The first kappa shape index (κ1) is 23.9. The van der Waals surface area contributed by atoms with Crippen LogP contribution < -0.4 is 9.38 Å². The van der Waals surface area contributed by atoms with Crippen LogP contribution in [0.15, 0.2) is 109 Å². The summed E-state index contributed by atoms with van der Waals surface area (Å²) in [6, 6.07) is 33.5. The fourth-order valence-electron chi connectivity index (χ4n) is 7.37. The van der Waals surface area contributed by atoms with Gasteiger partial charge < -0.3 is 0 Å². The molecule has 0 fully saturated rings. The number of imide groups is 2. The third kappa shape index (κ3) is 2.85. The number of fused-ring (bicyclic) bond motifs is 2. The van der Waals surface area contributed by atoms with E-state index >= 15 is 0 Å². The Morgan fingerprint density at radius 1 is 0.535 bits per heavy atom. The molecule has 0 saturated heterocycles. The average molecular weight is 558 g/mol. The van der Waals surface area contributed by atoms with E-state index in [1.807, 2.05) is 97.1 Å². The maximum Gasteiger partial charge on any atom is 0.359 e. The third-order valence-corrected chi connectivity index (χ3v) is 9.28. The van der Waals surface area contributed by atoms with E-state index in [1.54, 1.807) is 12.1 Å². The maximum atomic E-state index is 14.1. The Kier molecular flexibility index (Phi) is 4.56. The number of para-hydroxylation sites is 2. The molecular weight excluding hydrogens is 536 g/mol. The predicted molar refractivity (Wildman–Crippen MR) is 168 cm³/mol. The highest BCUT2D eigenvalue weighted by molar-refractivity contribution is 6.43. The van der Waals surface area contributed by atoms with Crippen molar-refractivity contribution in [2.24, 2.45) is 0 Å². The molecule has 6 heteroatoms. The molecule has 2 aliphatic rings. The minimum Gasteiger partial charge on any atom is -0.268 e. The highest BCUT2D eigenvalue weighted by Gasteiger charge is 2.46. The first-order valence-corrected chi connectivity index (χ1v) is 14.1. The van der Waals surface area contributed by atoms with Crippen LogP contribution in [0.2, 0.25) is 0 Å². The van der Waals surface area contributed by atoms with E-state index in [-0.39, 0.29) is 24.3 Å². The van der Waals surface area contributed by atoms with Gasteiger partial charge in [0.05, 0.1) is 11.3 Å². The van der Waals surface area contributed by atoms with Crippen LogP contribution in [0.5, 0.6) is 0 Å². The molecule has 0 aromatic heterocycles. The minimum absolute atomic E-state index is 0.220. The van der Waals surface area contributed by atoms with Gasteiger partial charge in [0, 0.05) is 39.6 Å². The number of hydrogen-bond acceptors (Lipinski definition) is 4. The van der Waals surface area contributed by atoms with Crippen LogP contribution in [0.1, 0.15) is 36.6 Å². The van der Waals surface area contributed by atoms with Gasteiger partial charge in [0.1, 0.15) is 12.2 Å². The largest absolute Gasteiger partial charge is 0.359 e. The molecule has 0 N–H and O–H groups in total. The van der Waals surface area contributed by atoms with Crippen molar-refractivity contribution in [2.75, 3.05) is 4.90 Å². The first-order chi connectivity index (χ1) is 21.0. The van der Waals surface area contributed by atoms with E-state index in [9.17, 15) is 19.2 Å². The van der Waals surface area contributed by atoms with Gasteiger partial charge in [-0.25, -0.2) is 14.5 Å². The molecule has 202 valence electrons. The van der Waals surface area contributed by atoms with E-state index in [1.165, 1.54) is 4.90 Å². The van der Waals surface area contributed by atoms with Gasteiger partial charge in [-0.15, -0.1) is 0 Å². The predicted octanol–water partition coefficient (Wildman–Crippen LogP) is 7.36. The van der Waals surface area contributed by atoms with Crippen LogP contribution >= 0.6 is 0 Å². The van der Waals surface area contributed by atoms with Crippen LogP contribution in [0.25, 0.3) is 43.1 Å². The van der Waals surface area contributed by atoms with E-state index < -0.39 is 4.48 Å². The molecule has 43 heavy (non-hydrogen) atoms. The zero-order valence-electron chi connectivity index (χ0n) is 22.7. The Bertz CT molecular complexity index is 2330. The lowest BCUT2D eigenvalue weighted by Gasteiger charge is -2.34. The molecule has 0 aliphatic carbocycles. The molecule has 0 spiro atoms. The van der Waals surface area contributed by atoms with Gasteiger partial charge in [0.2, 0.25) is 0 Å². The molecule has 6 nitrogen and oxygen atoms in total. The summed E-state index contributed by atoms with van der Waals surface area (Å²) in [7, 11) is 0. The van der Waals surface area contributed by atoms with E-state index in [4.69, 9.17) is 0 Å². The summed E-state index contributed by atoms with van der Waals surface area (Å²) in [6.45, 7) is 0.220. The number of carbonyl (C=O) groups excluding carboxylic acids is 4. The molecule has 1 atom stereocenters. The lowest BCUT2D eigenvalue weighted by atomic mass is 9.82. The number of nitrogens with zero attached hydrogens (tertiary/aromatic N) is 2. The maximum absolute atomic E-state index is 14.1. The molecule has 7 aromatic rings. The van der Waals surface area contributed by atoms with Crippen LogP contribution in [-0.4, -0.2) is 24.1 Å². The van der Waals surface area contributed by atoms with Crippen molar-refractivity contribution in [3.8, 4) is 0 Å². The topological polar surface area (TPSA) is 71.5 Å². The number of benzene rings is 7. The summed E-state index contributed by atoms with van der Waals surface area (Å²) in [5.74, 6) is -0.957. The first-order valence-electron chi connectivity index (χ1n) is 14.1. The Morgan fingerprint density at radius 2 is 1.05 bits per heavy atom. The van der Waals surface area contributed by atoms with Gasteiger partial charge in [0.15, 0.2) is 0 Å². The zero-order valence-corrected chi connectivity index (χ0v) is 22.7. The number of anilines is 1. The summed E-state index contributed by atoms with van der Waals surface area (Å²) in [5.41, 5.74) is 3.56. The zero-order chi connectivity index (χ0) is 29.0. The number of rotatable bonds is 3. The molecule has 7 aromatic carbocycles. The van der Waals surface area contributed by atoms with Crippen molar-refractivity contribution in [3.05, 3.63) is 131 Å². The minimum atomic E-state index is -0.428. The van der Waals surface area contributed by atoms with Crippen molar-refractivity contribution >= 4 is 78.6 Å². The van der Waals surface area contributed by atoms with Crippen LogP contribution in [-0.2, 0) is 11.3 Å². The summed E-state index contributed by atoms with van der Waals surface area (Å²) in [6.07, 6.45) is 0.741. The highest BCUT2D eigenvalue weighted by Crippen LogP contribution is 2.47. The van der Waals surface area contributed by atoms with Gasteiger partial charge in [0.25, 0.3) is 11.8 Å². The number of hydrogen-bond donors (Lipinski definition) is 0. The van der Waals surface area contributed by atoms with Gasteiger partial charge in [-0.3, -0.25) is 9.59 Å². The Balaban J connectivity index is 1.34. The standard InChI is InChI=1S/C37H21N2O4/c40-20-39(23-9-5-2-6-10-23)19-21-11-12-24-26-13-16-28-34-29(36(42)38(35(28)41)22-7-3-1-4-8-22)17-14-27(33(26)34)25-15-18-30(37(39)43)31(21)32(24)25/h1-18,20H,19H2/q+1. The van der Waals surface area contributed by atoms with E-state index in [0.29, 0.717) is 33.5 Å². The summed E-state index contributed by atoms with van der Waals surface area (Å²) < 4.78 is -0.428. The second kappa shape index (κ2) is 8.18. The summed E-state index contributed by atoms with van der Waals surface area (Å²) >= 11 is 0. The molecule has 0 radical (unpaired) electrons. The van der Waals surface area contributed by atoms with Crippen molar-refractivity contribution in [1.29, 1.82) is 0 Å². The van der Waals surface area contributed by atoms with Gasteiger partial charge in [-0.1, -0.05) is 66.7 Å². The van der Waals surface area contributed by atoms with Crippen molar-refractivity contribution < 1.29 is 19.2 Å². The molecule has 0 saturated carbocycles. The number of amides is 4. The Labute approximate surface area is 244 Å². The quantitative estimate of drug-likeness (QED) is 0.0749. The average Bonchev–Trinajstić information content (AvgIpc) is 3.06. The number of quaternary nitrogens is 1. The SMILES string of the molecule is O=C[N+]1(c2ccccc2)Cc2ccc3c4ccc5c6c(ccc(c7ccc(c2c37)C1=O)c64)C(=O)N(c1ccccc1)C5=O. The van der Waals surface area contributed by atoms with Gasteiger partial charge in [-0.05, 0) is 62.6 Å². The lowest BCUT2D eigenvalue weighted by Crippen LogP contribution is -2.54. The molecule has 1 unspecified atom stereocenters. The fraction of sp³-hybridized carbons (Fsp3) is 0.0270. The number of carbonyl (C=O) groups is 4. The molecule has 0 bridgehead atoms. The van der Waals surface area contributed by atoms with Crippen LogP contribution in [0, 0.1) is 0 Å². The van der Waals surface area contributed by atoms with Crippen molar-refractivity contribution in [2.45, 2.75) is 6.54 Å². The highest BCUT2D eigenvalue weighted by atomic mass is 16.2. The van der Waals surface area contributed by atoms with Crippen LogP contribution in [0.4, 0.5) is 11.4 Å². The molecule has 2 aliphatic heterocycles. The van der Waals surface area contributed by atoms with E-state index in [0.717, 1.165) is 49.7 Å². The second-order valence-electron chi connectivity index (χ2n) is 11.3. The smallest absolute Gasteiger partial charge is 0.268 e. The lowest BCUT2D eigenvalue weighted by molar-refractivity contribution is -0.116. The molecular formula is C37H21N2O4+. The normalized spacial score (nSPS) is 18.0. The van der Waals surface area contributed by atoms with Gasteiger partial charge in [-0.2, -0.15) is 4.48 Å². The summed E-state index contributed by atoms with van der Waals surface area (Å²) in [4.78, 5) is 55.6. The third-order valence-electron chi connectivity index (χ3n) is 9.28. The fourth-order valence-corrected chi connectivity index (χ4v) is 7.37. The Hall–Kier alpha value is -5.72. The second-order valence-corrected chi connectivity index (χ2v) is 11.3. The monoisotopic (exact) mass is 557 g/mol. The van der Waals surface area contributed by atoms with E-state index in [2.05, 4.69) is 0 Å². The van der Waals surface area contributed by atoms with Crippen molar-refractivity contribution in [1.82, 2.24) is 4.48 Å². The van der Waals surface area contributed by atoms with Gasteiger partial charge >= 0.3 is 12.3 Å². The van der Waals surface area contributed by atoms with Crippen molar-refractivity contribution in [3.63, 3.8) is 0 Å². The van der Waals surface area contributed by atoms with Crippen LogP contribution in [0.3, 0.4) is 0 Å².